The van der Waals surface area contributed by atoms with Gasteiger partial charge in [0.2, 0.25) is 5.91 Å². The van der Waals surface area contributed by atoms with Crippen LogP contribution in [0.5, 0.6) is 5.75 Å². The highest BCUT2D eigenvalue weighted by atomic mass is 79.9. The lowest BCUT2D eigenvalue weighted by molar-refractivity contribution is -0.115. The molecule has 8 heteroatoms. The molecule has 0 aliphatic heterocycles. The van der Waals surface area contributed by atoms with Crippen LogP contribution in [0.2, 0.25) is 0 Å². The summed E-state index contributed by atoms with van der Waals surface area (Å²) in [7, 11) is 1.47. The first-order valence-electron chi connectivity index (χ1n) is 6.77. The Morgan fingerprint density at radius 3 is 2.54 bits per heavy atom. The predicted octanol–water partition coefficient (Wildman–Crippen LogP) is 3.10. The fourth-order valence-electron chi connectivity index (χ4n) is 1.84. The fourth-order valence-corrected chi connectivity index (χ4v) is 2.27. The van der Waals surface area contributed by atoms with Gasteiger partial charge in [-0.3, -0.25) is 9.59 Å². The van der Waals surface area contributed by atoms with Gasteiger partial charge in [0.1, 0.15) is 5.75 Å². The molecular formula is C16H13BrF2N2O3. The van der Waals surface area contributed by atoms with Crippen LogP contribution in [0.4, 0.5) is 14.5 Å². The van der Waals surface area contributed by atoms with Crippen molar-refractivity contribution in [2.45, 2.75) is 0 Å². The number of benzene rings is 2. The Balaban J connectivity index is 1.96. The molecule has 2 aromatic carbocycles. The van der Waals surface area contributed by atoms with Gasteiger partial charge in [-0.1, -0.05) is 0 Å². The van der Waals surface area contributed by atoms with E-state index in [1.165, 1.54) is 19.2 Å². The molecule has 2 rings (SSSR count). The molecule has 0 aliphatic carbocycles. The zero-order valence-corrected chi connectivity index (χ0v) is 14.1. The zero-order valence-electron chi connectivity index (χ0n) is 12.5. The third-order valence-corrected chi connectivity index (χ3v) is 3.72. The summed E-state index contributed by atoms with van der Waals surface area (Å²) in [5.41, 5.74) is 0.394. The minimum atomic E-state index is -1.07. The molecule has 2 aromatic rings. The molecular weight excluding hydrogens is 386 g/mol. The number of amides is 2. The van der Waals surface area contributed by atoms with E-state index >= 15 is 0 Å². The number of halogens is 3. The third-order valence-electron chi connectivity index (χ3n) is 3.03. The first kappa shape index (κ1) is 17.9. The Labute approximate surface area is 145 Å². The van der Waals surface area contributed by atoms with Gasteiger partial charge in [0, 0.05) is 16.2 Å². The second-order valence-corrected chi connectivity index (χ2v) is 5.56. The summed E-state index contributed by atoms with van der Waals surface area (Å²) in [4.78, 5) is 23.9. The lowest BCUT2D eigenvalue weighted by Crippen LogP contribution is -2.33. The van der Waals surface area contributed by atoms with Crippen molar-refractivity contribution in [1.82, 2.24) is 5.32 Å². The van der Waals surface area contributed by atoms with Crippen LogP contribution in [0.25, 0.3) is 0 Å². The number of rotatable bonds is 5. The highest BCUT2D eigenvalue weighted by Crippen LogP contribution is 2.22. The first-order valence-corrected chi connectivity index (χ1v) is 7.56. The minimum Gasteiger partial charge on any atom is -0.497 e. The van der Waals surface area contributed by atoms with E-state index < -0.39 is 23.4 Å². The SMILES string of the molecule is COc1ccc(Br)c(C(=O)NCC(=O)Nc2ccc(F)c(F)c2)c1. The highest BCUT2D eigenvalue weighted by Gasteiger charge is 2.13. The number of ether oxygens (including phenoxy) is 1. The van der Waals surface area contributed by atoms with Gasteiger partial charge in [-0.15, -0.1) is 0 Å². The van der Waals surface area contributed by atoms with E-state index in [-0.39, 0.29) is 12.2 Å². The van der Waals surface area contributed by atoms with Crippen LogP contribution in [0.15, 0.2) is 40.9 Å². The molecule has 0 aliphatic rings. The second kappa shape index (κ2) is 7.87. The molecule has 0 saturated carbocycles. The van der Waals surface area contributed by atoms with Crippen LogP contribution in [0.3, 0.4) is 0 Å². The second-order valence-electron chi connectivity index (χ2n) is 4.71. The molecule has 0 atom stereocenters. The summed E-state index contributed by atoms with van der Waals surface area (Å²) in [6.07, 6.45) is 0. The van der Waals surface area contributed by atoms with Crippen LogP contribution in [0, 0.1) is 11.6 Å². The van der Waals surface area contributed by atoms with Crippen LogP contribution in [-0.4, -0.2) is 25.5 Å². The molecule has 2 N–H and O–H groups in total. The molecule has 0 unspecified atom stereocenters. The van der Waals surface area contributed by atoms with Crippen molar-refractivity contribution in [3.8, 4) is 5.75 Å². The van der Waals surface area contributed by atoms with Crippen molar-refractivity contribution in [3.63, 3.8) is 0 Å². The maximum absolute atomic E-state index is 13.1. The van der Waals surface area contributed by atoms with E-state index in [9.17, 15) is 18.4 Å². The Bertz CT molecular complexity index is 784. The maximum atomic E-state index is 13.1. The lowest BCUT2D eigenvalue weighted by Gasteiger charge is -2.09. The Morgan fingerprint density at radius 2 is 1.88 bits per heavy atom. The van der Waals surface area contributed by atoms with Crippen LogP contribution in [0.1, 0.15) is 10.4 Å². The van der Waals surface area contributed by atoms with Crippen molar-refractivity contribution >= 4 is 33.4 Å². The Morgan fingerprint density at radius 1 is 1.12 bits per heavy atom. The van der Waals surface area contributed by atoms with Gasteiger partial charge in [-0.2, -0.15) is 0 Å². The van der Waals surface area contributed by atoms with Crippen LogP contribution >= 0.6 is 15.9 Å². The highest BCUT2D eigenvalue weighted by molar-refractivity contribution is 9.10. The van der Waals surface area contributed by atoms with Crippen molar-refractivity contribution in [1.29, 1.82) is 0 Å². The van der Waals surface area contributed by atoms with Crippen molar-refractivity contribution in [2.75, 3.05) is 19.0 Å². The number of anilines is 1. The number of carbonyl (C=O) groups excluding carboxylic acids is 2. The predicted molar refractivity (Wildman–Crippen MR) is 88.0 cm³/mol. The standard InChI is InChI=1S/C16H13BrF2N2O3/c1-24-10-3-4-12(17)11(7-10)16(23)20-8-15(22)21-9-2-5-13(18)14(19)6-9/h2-7H,8H2,1H3,(H,20,23)(H,21,22). The molecule has 2 amide bonds. The van der Waals surface area contributed by atoms with E-state index in [1.807, 2.05) is 0 Å². The average molecular weight is 399 g/mol. The van der Waals surface area contributed by atoms with Gasteiger partial charge in [0.25, 0.3) is 5.91 Å². The van der Waals surface area contributed by atoms with Crippen molar-refractivity contribution in [2.24, 2.45) is 0 Å². The van der Waals surface area contributed by atoms with Crippen LogP contribution in [-0.2, 0) is 4.79 Å². The summed E-state index contributed by atoms with van der Waals surface area (Å²) >= 11 is 3.24. The van der Waals surface area contributed by atoms with Gasteiger partial charge in [-0.25, -0.2) is 8.78 Å². The Kier molecular flexibility index (Phi) is 5.86. The van der Waals surface area contributed by atoms with E-state index in [4.69, 9.17) is 4.74 Å². The zero-order chi connectivity index (χ0) is 17.7. The summed E-state index contributed by atoms with van der Waals surface area (Å²) < 4.78 is 31.5. The third kappa shape index (κ3) is 4.51. The molecule has 5 nitrogen and oxygen atoms in total. The molecule has 126 valence electrons. The molecule has 0 bridgehead atoms. The molecule has 0 saturated heterocycles. The summed E-state index contributed by atoms with van der Waals surface area (Å²) in [5.74, 6) is -2.65. The summed E-state index contributed by atoms with van der Waals surface area (Å²) in [5, 5.41) is 4.79. The van der Waals surface area contributed by atoms with Gasteiger partial charge < -0.3 is 15.4 Å². The molecule has 0 fully saturated rings. The Hall–Kier alpha value is -2.48. The largest absolute Gasteiger partial charge is 0.497 e. The van der Waals surface area contributed by atoms with Crippen LogP contribution < -0.4 is 15.4 Å². The number of carbonyl (C=O) groups is 2. The maximum Gasteiger partial charge on any atom is 0.252 e. The monoisotopic (exact) mass is 398 g/mol. The number of methoxy groups -OCH3 is 1. The van der Waals surface area contributed by atoms with Gasteiger partial charge in [0.15, 0.2) is 11.6 Å². The van der Waals surface area contributed by atoms with Gasteiger partial charge >= 0.3 is 0 Å². The van der Waals surface area contributed by atoms with E-state index in [0.717, 1.165) is 12.1 Å². The van der Waals surface area contributed by atoms with Gasteiger partial charge in [-0.05, 0) is 46.3 Å². The molecule has 24 heavy (non-hydrogen) atoms. The summed E-state index contributed by atoms with van der Waals surface area (Å²) in [6.45, 7) is -0.332. The lowest BCUT2D eigenvalue weighted by atomic mass is 10.2. The van der Waals surface area contributed by atoms with E-state index in [0.29, 0.717) is 15.8 Å². The molecule has 0 heterocycles. The molecule has 0 aromatic heterocycles. The number of nitrogens with one attached hydrogen (secondary N) is 2. The fraction of sp³-hybridized carbons (Fsp3) is 0.125. The normalized spacial score (nSPS) is 10.2. The number of hydrogen-bond acceptors (Lipinski definition) is 3. The van der Waals surface area contributed by atoms with E-state index in [1.54, 1.807) is 12.1 Å². The average Bonchev–Trinajstić information content (AvgIpc) is 2.56. The molecule has 0 radical (unpaired) electrons. The smallest absolute Gasteiger partial charge is 0.252 e. The van der Waals surface area contributed by atoms with E-state index in [2.05, 4.69) is 26.6 Å². The number of hydrogen-bond donors (Lipinski definition) is 2. The quantitative estimate of drug-likeness (QED) is 0.812. The summed E-state index contributed by atoms with van der Waals surface area (Å²) in [6, 6.07) is 7.82. The topological polar surface area (TPSA) is 67.4 Å². The first-order chi connectivity index (χ1) is 11.4. The van der Waals surface area contributed by atoms with Gasteiger partial charge in [0.05, 0.1) is 19.2 Å². The van der Waals surface area contributed by atoms with Crippen molar-refractivity contribution < 1.29 is 23.1 Å². The minimum absolute atomic E-state index is 0.0932. The molecule has 0 spiro atoms. The van der Waals surface area contributed by atoms with Crippen molar-refractivity contribution in [3.05, 3.63) is 58.1 Å².